The molecule has 1 saturated heterocycles. The number of piperidine rings is 1. The van der Waals surface area contributed by atoms with Crippen molar-refractivity contribution in [2.24, 2.45) is 0 Å². The first-order valence-electron chi connectivity index (χ1n) is 8.83. The van der Waals surface area contributed by atoms with Crippen LogP contribution < -0.4 is 4.90 Å². The molecule has 1 atom stereocenters. The van der Waals surface area contributed by atoms with Gasteiger partial charge in [0.05, 0.1) is 11.6 Å². The number of nitrogens with zero attached hydrogens (tertiary/aromatic N) is 5. The highest BCUT2D eigenvalue weighted by atomic mass is 15.3. The zero-order chi connectivity index (χ0) is 16.4. The number of pyridine rings is 1. The fraction of sp³-hybridized carbons (Fsp3) is 0.421. The zero-order valence-electron chi connectivity index (χ0n) is 14.1. The van der Waals surface area contributed by atoms with E-state index >= 15 is 0 Å². The van der Waals surface area contributed by atoms with Crippen molar-refractivity contribution in [3.8, 4) is 0 Å². The van der Waals surface area contributed by atoms with Gasteiger partial charge in [-0.05, 0) is 31.4 Å². The maximum absolute atomic E-state index is 4.84. The van der Waals surface area contributed by atoms with E-state index in [-0.39, 0.29) is 0 Å². The van der Waals surface area contributed by atoms with Crippen LogP contribution in [0.15, 0.2) is 43.0 Å². The van der Waals surface area contributed by atoms with Crippen molar-refractivity contribution in [1.82, 2.24) is 19.7 Å². The third-order valence-corrected chi connectivity index (χ3v) is 4.80. The molecule has 4 rings (SSSR count). The molecule has 0 radical (unpaired) electrons. The molecule has 2 aromatic heterocycles. The Bertz CT molecular complexity index is 812. The molecule has 0 N–H and O–H groups in total. The van der Waals surface area contributed by atoms with E-state index in [2.05, 4.69) is 52.2 Å². The highest BCUT2D eigenvalue weighted by Gasteiger charge is 2.23. The molecule has 24 heavy (non-hydrogen) atoms. The molecule has 0 bridgehead atoms. The minimum Gasteiger partial charge on any atom is -0.369 e. The number of fused-ring (bicyclic) bond motifs is 1. The molecule has 3 heterocycles. The lowest BCUT2D eigenvalue weighted by atomic mass is 10.0. The van der Waals surface area contributed by atoms with Crippen molar-refractivity contribution in [2.75, 3.05) is 18.0 Å². The topological polar surface area (TPSA) is 46.8 Å². The van der Waals surface area contributed by atoms with E-state index in [0.717, 1.165) is 37.9 Å². The number of hydrogen-bond acceptors (Lipinski definition) is 4. The van der Waals surface area contributed by atoms with Gasteiger partial charge in [-0.2, -0.15) is 5.10 Å². The lowest BCUT2D eigenvalue weighted by Gasteiger charge is -2.35. The molecule has 0 amide bonds. The van der Waals surface area contributed by atoms with Crippen molar-refractivity contribution < 1.29 is 0 Å². The molecule has 1 fully saturated rings. The number of aromatic nitrogens is 4. The van der Waals surface area contributed by atoms with Gasteiger partial charge >= 0.3 is 0 Å². The molecule has 1 unspecified atom stereocenters. The molecule has 1 aliphatic rings. The van der Waals surface area contributed by atoms with E-state index in [4.69, 9.17) is 4.98 Å². The van der Waals surface area contributed by atoms with Crippen molar-refractivity contribution in [3.63, 3.8) is 0 Å². The Balaban J connectivity index is 1.71. The molecular formula is C19H23N5. The highest BCUT2D eigenvalue weighted by Crippen LogP contribution is 2.31. The van der Waals surface area contributed by atoms with Crippen molar-refractivity contribution in [2.45, 2.75) is 38.6 Å². The summed E-state index contributed by atoms with van der Waals surface area (Å²) in [6.45, 7) is 4.27. The lowest BCUT2D eigenvalue weighted by Crippen LogP contribution is -2.37. The van der Waals surface area contributed by atoms with Crippen LogP contribution >= 0.6 is 0 Å². The number of anilines is 1. The first-order valence-corrected chi connectivity index (χ1v) is 8.83. The first-order chi connectivity index (χ1) is 11.8. The van der Waals surface area contributed by atoms with Gasteiger partial charge in [-0.15, -0.1) is 0 Å². The smallest absolute Gasteiger partial charge is 0.137 e. The summed E-state index contributed by atoms with van der Waals surface area (Å²) in [6.07, 6.45) is 7.93. The summed E-state index contributed by atoms with van der Waals surface area (Å²) in [5.74, 6) is 0. The summed E-state index contributed by atoms with van der Waals surface area (Å²) >= 11 is 0. The van der Waals surface area contributed by atoms with Crippen LogP contribution in [0, 0.1) is 0 Å². The van der Waals surface area contributed by atoms with E-state index in [1.54, 1.807) is 6.33 Å². The average Bonchev–Trinajstić information content (AvgIpc) is 3.16. The third kappa shape index (κ3) is 2.86. The highest BCUT2D eigenvalue weighted by molar-refractivity contribution is 5.92. The Labute approximate surface area is 142 Å². The number of benzene rings is 1. The van der Waals surface area contributed by atoms with Crippen LogP contribution in [0.1, 0.15) is 37.9 Å². The summed E-state index contributed by atoms with van der Waals surface area (Å²) in [7, 11) is 0. The zero-order valence-corrected chi connectivity index (χ0v) is 14.1. The van der Waals surface area contributed by atoms with Crippen LogP contribution in [0.3, 0.4) is 0 Å². The first kappa shape index (κ1) is 15.1. The van der Waals surface area contributed by atoms with E-state index in [0.29, 0.717) is 6.04 Å². The number of hydrogen-bond donors (Lipinski definition) is 0. The maximum atomic E-state index is 4.84. The third-order valence-electron chi connectivity index (χ3n) is 4.80. The largest absolute Gasteiger partial charge is 0.369 e. The molecule has 5 nitrogen and oxygen atoms in total. The number of aryl methyl sites for hydroxylation is 1. The number of para-hydroxylation sites is 1. The molecule has 0 spiro atoms. The van der Waals surface area contributed by atoms with Crippen molar-refractivity contribution >= 4 is 16.6 Å². The molecule has 1 aliphatic heterocycles. The van der Waals surface area contributed by atoms with Gasteiger partial charge in [0.15, 0.2) is 0 Å². The van der Waals surface area contributed by atoms with E-state index in [1.807, 2.05) is 11.0 Å². The van der Waals surface area contributed by atoms with Gasteiger partial charge in [-0.3, -0.25) is 4.98 Å². The quantitative estimate of drug-likeness (QED) is 0.736. The summed E-state index contributed by atoms with van der Waals surface area (Å²) < 4.78 is 2.00. The second-order valence-electron chi connectivity index (χ2n) is 6.52. The summed E-state index contributed by atoms with van der Waals surface area (Å²) in [4.78, 5) is 11.4. The van der Waals surface area contributed by atoms with E-state index < -0.39 is 0 Å². The minimum atomic E-state index is 0.391. The normalized spacial score (nSPS) is 18.2. The Hall–Kier alpha value is -2.43. The fourth-order valence-corrected chi connectivity index (χ4v) is 3.65. The Morgan fingerprint density at radius 1 is 1.25 bits per heavy atom. The van der Waals surface area contributed by atoms with Crippen LogP contribution in [-0.4, -0.2) is 32.8 Å². The molecule has 0 saturated carbocycles. The average molecular weight is 321 g/mol. The maximum Gasteiger partial charge on any atom is 0.137 e. The van der Waals surface area contributed by atoms with Gasteiger partial charge in [0.1, 0.15) is 12.7 Å². The van der Waals surface area contributed by atoms with Gasteiger partial charge in [0.25, 0.3) is 0 Å². The van der Waals surface area contributed by atoms with Crippen LogP contribution in [-0.2, 0) is 6.42 Å². The molecular weight excluding hydrogens is 298 g/mol. The second-order valence-corrected chi connectivity index (χ2v) is 6.52. The predicted molar refractivity (Wildman–Crippen MR) is 96.2 cm³/mol. The molecule has 1 aromatic carbocycles. The lowest BCUT2D eigenvalue weighted by molar-refractivity contribution is 0.375. The Morgan fingerprint density at radius 3 is 3.00 bits per heavy atom. The summed E-state index contributed by atoms with van der Waals surface area (Å²) in [6, 6.07) is 11.2. The van der Waals surface area contributed by atoms with Crippen molar-refractivity contribution in [3.05, 3.63) is 48.7 Å². The Kier molecular flexibility index (Phi) is 4.15. The van der Waals surface area contributed by atoms with Crippen molar-refractivity contribution in [1.29, 1.82) is 0 Å². The van der Waals surface area contributed by atoms with Crippen LogP contribution in [0.25, 0.3) is 10.9 Å². The molecule has 0 aliphatic carbocycles. The van der Waals surface area contributed by atoms with Crippen LogP contribution in [0.2, 0.25) is 0 Å². The van der Waals surface area contributed by atoms with E-state index in [9.17, 15) is 0 Å². The second kappa shape index (κ2) is 6.59. The van der Waals surface area contributed by atoms with E-state index in [1.165, 1.54) is 23.2 Å². The fourth-order valence-electron chi connectivity index (χ4n) is 3.65. The summed E-state index contributed by atoms with van der Waals surface area (Å²) in [5.41, 5.74) is 3.60. The minimum absolute atomic E-state index is 0.391. The van der Waals surface area contributed by atoms with Gasteiger partial charge < -0.3 is 4.90 Å². The molecule has 3 aromatic rings. The Morgan fingerprint density at radius 2 is 2.17 bits per heavy atom. The summed E-state index contributed by atoms with van der Waals surface area (Å²) in [5, 5.41) is 5.59. The monoisotopic (exact) mass is 321 g/mol. The van der Waals surface area contributed by atoms with Crippen LogP contribution in [0.4, 0.5) is 5.69 Å². The SMILES string of the molecule is CCCc1cc(N2CCCC(n3cncn3)C2)c2ccccc2n1. The van der Waals surface area contributed by atoms with Gasteiger partial charge in [-0.1, -0.05) is 31.5 Å². The predicted octanol–water partition coefficient (Wildman–Crippen LogP) is 3.62. The molecule has 5 heteroatoms. The van der Waals surface area contributed by atoms with Crippen LogP contribution in [0.5, 0.6) is 0 Å². The van der Waals surface area contributed by atoms with Gasteiger partial charge in [0, 0.05) is 29.9 Å². The van der Waals surface area contributed by atoms with Gasteiger partial charge in [0.2, 0.25) is 0 Å². The molecule has 124 valence electrons. The van der Waals surface area contributed by atoms with Gasteiger partial charge in [-0.25, -0.2) is 9.67 Å². The number of rotatable bonds is 4. The standard InChI is InChI=1S/C19H23N5/c1-2-6-15-11-19(17-8-3-4-9-18(17)22-15)23-10-5-7-16(12-23)24-14-20-13-21-24/h3-4,8-9,11,13-14,16H,2,5-7,10,12H2,1H3.